The van der Waals surface area contributed by atoms with Gasteiger partial charge in [-0.3, -0.25) is 9.69 Å². The van der Waals surface area contributed by atoms with Gasteiger partial charge in [-0.1, -0.05) is 0 Å². The third-order valence-corrected chi connectivity index (χ3v) is 5.40. The van der Waals surface area contributed by atoms with Crippen LogP contribution in [0.2, 0.25) is 0 Å². The summed E-state index contributed by atoms with van der Waals surface area (Å²) in [6.45, 7) is 7.18. The van der Waals surface area contributed by atoms with Gasteiger partial charge in [-0.15, -0.1) is 0 Å². The molecule has 0 aliphatic carbocycles. The Morgan fingerprint density at radius 3 is 2.52 bits per heavy atom. The standard InChI is InChI=1S/C16H30N4O/c1-18-9-2-4-14(6-11-18)20-10-3-5-15(20)16(21)19-12-7-17-8-13-19/h14-15,17H,2-13H2,1H3. The smallest absolute Gasteiger partial charge is 0.240 e. The lowest BCUT2D eigenvalue weighted by atomic mass is 10.1. The third-order valence-electron chi connectivity index (χ3n) is 5.40. The average Bonchev–Trinajstić information content (AvgIpc) is 2.90. The predicted molar refractivity (Wildman–Crippen MR) is 84.3 cm³/mol. The SMILES string of the molecule is CN1CCCC(N2CCCC2C(=O)N2CCNCC2)CC1. The maximum absolute atomic E-state index is 12.8. The average molecular weight is 294 g/mol. The zero-order valence-corrected chi connectivity index (χ0v) is 13.4. The second kappa shape index (κ2) is 7.07. The lowest BCUT2D eigenvalue weighted by molar-refractivity contribution is -0.137. The lowest BCUT2D eigenvalue weighted by Crippen LogP contribution is -2.54. The summed E-state index contributed by atoms with van der Waals surface area (Å²) in [5, 5.41) is 3.33. The number of amides is 1. The molecular weight excluding hydrogens is 264 g/mol. The van der Waals surface area contributed by atoms with Crippen LogP contribution in [0, 0.1) is 0 Å². The molecule has 0 aromatic carbocycles. The Balaban J connectivity index is 1.62. The Kier molecular flexibility index (Phi) is 5.14. The minimum atomic E-state index is 0.163. The molecule has 5 heteroatoms. The first kappa shape index (κ1) is 15.3. The topological polar surface area (TPSA) is 38.8 Å². The molecule has 3 aliphatic rings. The summed E-state index contributed by atoms with van der Waals surface area (Å²) in [5.74, 6) is 0.395. The van der Waals surface area contributed by atoms with Crippen LogP contribution < -0.4 is 5.32 Å². The molecule has 3 rings (SSSR count). The van der Waals surface area contributed by atoms with Crippen molar-refractivity contribution >= 4 is 5.91 Å². The van der Waals surface area contributed by atoms with Crippen molar-refractivity contribution in [2.24, 2.45) is 0 Å². The van der Waals surface area contributed by atoms with Crippen molar-refractivity contribution in [2.75, 3.05) is 52.9 Å². The number of nitrogens with one attached hydrogen (secondary N) is 1. The second-order valence-electron chi connectivity index (χ2n) is 6.86. The van der Waals surface area contributed by atoms with Crippen LogP contribution in [0.15, 0.2) is 0 Å². The van der Waals surface area contributed by atoms with Crippen molar-refractivity contribution in [1.82, 2.24) is 20.0 Å². The fraction of sp³-hybridized carbons (Fsp3) is 0.938. The predicted octanol–water partition coefficient (Wildman–Crippen LogP) is 0.367. The Hall–Kier alpha value is -0.650. The first-order valence-corrected chi connectivity index (χ1v) is 8.69. The molecule has 21 heavy (non-hydrogen) atoms. The number of piperazine rings is 1. The molecule has 120 valence electrons. The minimum absolute atomic E-state index is 0.163. The van der Waals surface area contributed by atoms with Crippen LogP contribution in [-0.4, -0.2) is 85.6 Å². The maximum Gasteiger partial charge on any atom is 0.240 e. The van der Waals surface area contributed by atoms with Crippen LogP contribution in [0.25, 0.3) is 0 Å². The van der Waals surface area contributed by atoms with Crippen LogP contribution >= 0.6 is 0 Å². The van der Waals surface area contributed by atoms with Crippen LogP contribution in [0.4, 0.5) is 0 Å². The normalized spacial score (nSPS) is 33.1. The van der Waals surface area contributed by atoms with E-state index in [1.165, 1.54) is 38.8 Å². The van der Waals surface area contributed by atoms with E-state index < -0.39 is 0 Å². The first-order valence-electron chi connectivity index (χ1n) is 8.69. The molecule has 2 unspecified atom stereocenters. The van der Waals surface area contributed by atoms with Crippen LogP contribution in [0.5, 0.6) is 0 Å². The summed E-state index contributed by atoms with van der Waals surface area (Å²) in [6.07, 6.45) is 6.01. The second-order valence-corrected chi connectivity index (χ2v) is 6.86. The Labute approximate surface area is 128 Å². The van der Waals surface area contributed by atoms with Crippen molar-refractivity contribution < 1.29 is 4.79 Å². The van der Waals surface area contributed by atoms with E-state index in [4.69, 9.17) is 0 Å². The molecule has 0 bridgehead atoms. The molecule has 3 aliphatic heterocycles. The Morgan fingerprint density at radius 1 is 0.952 bits per heavy atom. The largest absolute Gasteiger partial charge is 0.339 e. The van der Waals surface area contributed by atoms with Gasteiger partial charge in [0.15, 0.2) is 0 Å². The molecule has 0 radical (unpaired) electrons. The number of likely N-dealkylation sites (tertiary alicyclic amines) is 2. The van der Waals surface area contributed by atoms with Gasteiger partial charge in [0.1, 0.15) is 0 Å². The monoisotopic (exact) mass is 294 g/mol. The van der Waals surface area contributed by atoms with E-state index in [2.05, 4.69) is 27.1 Å². The summed E-state index contributed by atoms with van der Waals surface area (Å²) in [6, 6.07) is 0.783. The molecule has 0 spiro atoms. The van der Waals surface area contributed by atoms with Crippen molar-refractivity contribution in [3.05, 3.63) is 0 Å². The molecule has 1 N–H and O–H groups in total. The van der Waals surface area contributed by atoms with Gasteiger partial charge in [0, 0.05) is 32.2 Å². The molecule has 3 heterocycles. The zero-order valence-electron chi connectivity index (χ0n) is 13.4. The highest BCUT2D eigenvalue weighted by molar-refractivity contribution is 5.82. The van der Waals surface area contributed by atoms with Gasteiger partial charge >= 0.3 is 0 Å². The maximum atomic E-state index is 12.8. The van der Waals surface area contributed by atoms with Crippen LogP contribution in [0.1, 0.15) is 32.1 Å². The minimum Gasteiger partial charge on any atom is -0.339 e. The third kappa shape index (κ3) is 3.58. The lowest BCUT2D eigenvalue weighted by Gasteiger charge is -2.36. The van der Waals surface area contributed by atoms with Crippen molar-refractivity contribution in [3.63, 3.8) is 0 Å². The van der Waals surface area contributed by atoms with E-state index in [0.29, 0.717) is 11.9 Å². The Morgan fingerprint density at radius 2 is 1.71 bits per heavy atom. The fourth-order valence-corrected chi connectivity index (χ4v) is 4.14. The summed E-state index contributed by atoms with van der Waals surface area (Å²) >= 11 is 0. The van der Waals surface area contributed by atoms with Gasteiger partial charge in [-0.2, -0.15) is 0 Å². The number of hydrogen-bond acceptors (Lipinski definition) is 4. The fourth-order valence-electron chi connectivity index (χ4n) is 4.14. The van der Waals surface area contributed by atoms with E-state index in [1.54, 1.807) is 0 Å². The molecule has 1 amide bonds. The van der Waals surface area contributed by atoms with Crippen molar-refractivity contribution in [1.29, 1.82) is 0 Å². The molecule has 3 saturated heterocycles. The molecule has 5 nitrogen and oxygen atoms in total. The Bertz CT molecular complexity index is 356. The number of carbonyl (C=O) groups excluding carboxylic acids is 1. The number of hydrogen-bond donors (Lipinski definition) is 1. The molecular formula is C16H30N4O. The number of nitrogens with zero attached hydrogens (tertiary/aromatic N) is 3. The molecule has 0 aromatic rings. The molecule has 0 saturated carbocycles. The quantitative estimate of drug-likeness (QED) is 0.798. The highest BCUT2D eigenvalue weighted by atomic mass is 16.2. The highest BCUT2D eigenvalue weighted by Crippen LogP contribution is 2.27. The summed E-state index contributed by atoms with van der Waals surface area (Å²) in [5.41, 5.74) is 0. The summed E-state index contributed by atoms with van der Waals surface area (Å²) < 4.78 is 0. The van der Waals surface area contributed by atoms with Gasteiger partial charge in [0.05, 0.1) is 6.04 Å². The van der Waals surface area contributed by atoms with Crippen molar-refractivity contribution in [3.8, 4) is 0 Å². The van der Waals surface area contributed by atoms with Crippen LogP contribution in [0.3, 0.4) is 0 Å². The van der Waals surface area contributed by atoms with Crippen molar-refractivity contribution in [2.45, 2.75) is 44.2 Å². The van der Waals surface area contributed by atoms with Crippen LogP contribution in [-0.2, 0) is 4.79 Å². The van der Waals surface area contributed by atoms with E-state index in [1.807, 2.05) is 0 Å². The van der Waals surface area contributed by atoms with Gasteiger partial charge in [0.2, 0.25) is 5.91 Å². The van der Waals surface area contributed by atoms with E-state index >= 15 is 0 Å². The first-order chi connectivity index (χ1) is 10.3. The van der Waals surface area contributed by atoms with E-state index in [9.17, 15) is 4.79 Å². The molecule has 2 atom stereocenters. The van der Waals surface area contributed by atoms with E-state index in [0.717, 1.165) is 39.1 Å². The molecule has 3 fully saturated rings. The van der Waals surface area contributed by atoms with Gasteiger partial charge in [0.25, 0.3) is 0 Å². The number of rotatable bonds is 2. The number of carbonyl (C=O) groups is 1. The zero-order chi connectivity index (χ0) is 14.7. The summed E-state index contributed by atoms with van der Waals surface area (Å²) in [4.78, 5) is 19.9. The van der Waals surface area contributed by atoms with Gasteiger partial charge in [-0.25, -0.2) is 0 Å². The molecule has 0 aromatic heterocycles. The van der Waals surface area contributed by atoms with Gasteiger partial charge < -0.3 is 15.1 Å². The van der Waals surface area contributed by atoms with E-state index in [-0.39, 0.29) is 6.04 Å². The summed E-state index contributed by atoms with van der Waals surface area (Å²) in [7, 11) is 2.22. The highest BCUT2D eigenvalue weighted by Gasteiger charge is 2.37. The van der Waals surface area contributed by atoms with Gasteiger partial charge in [-0.05, 0) is 58.8 Å².